The Morgan fingerprint density at radius 3 is 2.35 bits per heavy atom. The van der Waals surface area contributed by atoms with E-state index in [1.54, 1.807) is 0 Å². The van der Waals surface area contributed by atoms with Crippen molar-refractivity contribution in [2.24, 2.45) is 11.8 Å². The third kappa shape index (κ3) is 5.93. The van der Waals surface area contributed by atoms with Crippen LogP contribution in [-0.4, -0.2) is 31.1 Å². The molecule has 0 unspecified atom stereocenters. The normalized spacial score (nSPS) is 21.6. The van der Waals surface area contributed by atoms with Gasteiger partial charge in [0.15, 0.2) is 0 Å². The van der Waals surface area contributed by atoms with E-state index in [0.717, 1.165) is 18.4 Å². The van der Waals surface area contributed by atoms with Gasteiger partial charge in [-0.1, -0.05) is 49.6 Å². The van der Waals surface area contributed by atoms with Gasteiger partial charge in [0.2, 0.25) is 0 Å². The topological polar surface area (TPSA) is 15.3 Å². The van der Waals surface area contributed by atoms with E-state index in [0.29, 0.717) is 0 Å². The maximum atomic E-state index is 3.74. The van der Waals surface area contributed by atoms with Gasteiger partial charge in [-0.3, -0.25) is 4.90 Å². The summed E-state index contributed by atoms with van der Waals surface area (Å²) in [6.45, 7) is 6.20. The number of nitrogens with one attached hydrogen (secondary N) is 1. The second-order valence-corrected chi connectivity index (χ2v) is 7.70. The molecule has 0 bridgehead atoms. The van der Waals surface area contributed by atoms with Crippen LogP contribution in [-0.2, 0) is 6.54 Å². The zero-order chi connectivity index (χ0) is 15.7. The van der Waals surface area contributed by atoms with Crippen LogP contribution >= 0.6 is 0 Å². The monoisotopic (exact) mass is 314 g/mol. The van der Waals surface area contributed by atoms with Crippen molar-refractivity contribution in [3.63, 3.8) is 0 Å². The van der Waals surface area contributed by atoms with Crippen LogP contribution in [0, 0.1) is 11.8 Å². The van der Waals surface area contributed by atoms with E-state index in [-0.39, 0.29) is 0 Å². The molecule has 0 aromatic heterocycles. The molecular formula is C21H34N2. The summed E-state index contributed by atoms with van der Waals surface area (Å²) in [6.07, 6.45) is 11.5. The number of likely N-dealkylation sites (tertiary alicyclic amines) is 1. The summed E-state index contributed by atoms with van der Waals surface area (Å²) in [7, 11) is 0. The first kappa shape index (κ1) is 17.0. The number of rotatable bonds is 7. The van der Waals surface area contributed by atoms with Gasteiger partial charge in [-0.2, -0.15) is 0 Å². The summed E-state index contributed by atoms with van der Waals surface area (Å²) in [4.78, 5) is 2.63. The Morgan fingerprint density at radius 1 is 0.870 bits per heavy atom. The zero-order valence-electron chi connectivity index (χ0n) is 14.7. The molecule has 2 nitrogen and oxygen atoms in total. The Kier molecular flexibility index (Phi) is 6.97. The number of piperidine rings is 1. The molecule has 23 heavy (non-hydrogen) atoms. The lowest BCUT2D eigenvalue weighted by molar-refractivity contribution is 0.171. The minimum absolute atomic E-state index is 0.945. The van der Waals surface area contributed by atoms with Crippen molar-refractivity contribution in [1.29, 1.82) is 0 Å². The molecule has 1 aliphatic heterocycles. The van der Waals surface area contributed by atoms with Crippen molar-refractivity contribution in [2.45, 2.75) is 57.9 Å². The molecule has 1 N–H and O–H groups in total. The maximum Gasteiger partial charge on any atom is 0.0233 e. The van der Waals surface area contributed by atoms with Gasteiger partial charge in [0, 0.05) is 6.54 Å². The molecule has 1 heterocycles. The first-order chi connectivity index (χ1) is 11.4. The Hall–Kier alpha value is -0.860. The molecular weight excluding hydrogens is 280 g/mol. The molecule has 1 saturated heterocycles. The van der Waals surface area contributed by atoms with Crippen LogP contribution in [0.15, 0.2) is 30.3 Å². The van der Waals surface area contributed by atoms with E-state index in [2.05, 4.69) is 40.5 Å². The van der Waals surface area contributed by atoms with Crippen LogP contribution in [0.25, 0.3) is 0 Å². The van der Waals surface area contributed by atoms with Gasteiger partial charge in [-0.15, -0.1) is 0 Å². The molecule has 1 aliphatic carbocycles. The smallest absolute Gasteiger partial charge is 0.0233 e. The second-order valence-electron chi connectivity index (χ2n) is 7.70. The van der Waals surface area contributed by atoms with Gasteiger partial charge >= 0.3 is 0 Å². The SMILES string of the molecule is c1ccc(CN2CCC(CCNCC3CCCCC3)CC2)cc1. The first-order valence-corrected chi connectivity index (χ1v) is 9.87. The van der Waals surface area contributed by atoms with Gasteiger partial charge in [-0.05, 0) is 75.7 Å². The van der Waals surface area contributed by atoms with E-state index < -0.39 is 0 Å². The van der Waals surface area contributed by atoms with Crippen molar-refractivity contribution in [3.8, 4) is 0 Å². The lowest BCUT2D eigenvalue weighted by atomic mass is 9.89. The number of hydrogen-bond acceptors (Lipinski definition) is 2. The molecule has 128 valence electrons. The van der Waals surface area contributed by atoms with Crippen LogP contribution in [0.4, 0.5) is 0 Å². The van der Waals surface area contributed by atoms with Crippen molar-refractivity contribution in [2.75, 3.05) is 26.2 Å². The zero-order valence-corrected chi connectivity index (χ0v) is 14.7. The molecule has 0 radical (unpaired) electrons. The fourth-order valence-corrected chi connectivity index (χ4v) is 4.28. The summed E-state index contributed by atoms with van der Waals surface area (Å²) in [5.41, 5.74) is 1.46. The van der Waals surface area contributed by atoms with Gasteiger partial charge in [-0.25, -0.2) is 0 Å². The van der Waals surface area contributed by atoms with E-state index in [1.165, 1.54) is 83.1 Å². The molecule has 0 atom stereocenters. The number of hydrogen-bond donors (Lipinski definition) is 1. The average Bonchev–Trinajstić information content (AvgIpc) is 2.62. The highest BCUT2D eigenvalue weighted by molar-refractivity contribution is 5.14. The van der Waals surface area contributed by atoms with E-state index in [9.17, 15) is 0 Å². The Labute approximate surface area is 142 Å². The van der Waals surface area contributed by atoms with E-state index in [4.69, 9.17) is 0 Å². The van der Waals surface area contributed by atoms with Crippen molar-refractivity contribution < 1.29 is 0 Å². The standard InChI is InChI=1S/C21H34N2/c1-3-7-20(8-4-1)17-22-14-11-19-12-15-23(16-13-19)18-21-9-5-2-6-10-21/h2,5-6,9-10,19-20,22H,1,3-4,7-8,11-18H2. The van der Waals surface area contributed by atoms with Crippen LogP contribution in [0.1, 0.15) is 56.9 Å². The molecule has 2 heteroatoms. The Bertz CT molecular complexity index is 417. The average molecular weight is 315 g/mol. The Morgan fingerprint density at radius 2 is 1.61 bits per heavy atom. The summed E-state index contributed by atoms with van der Waals surface area (Å²) in [5.74, 6) is 1.91. The largest absolute Gasteiger partial charge is 0.316 e. The van der Waals surface area contributed by atoms with Crippen LogP contribution < -0.4 is 5.32 Å². The first-order valence-electron chi connectivity index (χ1n) is 9.87. The fraction of sp³-hybridized carbons (Fsp3) is 0.714. The predicted octanol–water partition coefficient (Wildman–Crippen LogP) is 4.46. The molecule has 3 rings (SSSR count). The number of nitrogens with zero attached hydrogens (tertiary/aromatic N) is 1. The van der Waals surface area contributed by atoms with E-state index in [1.807, 2.05) is 0 Å². The molecule has 0 amide bonds. The third-order valence-corrected chi connectivity index (χ3v) is 5.84. The van der Waals surface area contributed by atoms with E-state index >= 15 is 0 Å². The highest BCUT2D eigenvalue weighted by atomic mass is 15.1. The van der Waals surface area contributed by atoms with Crippen molar-refractivity contribution in [1.82, 2.24) is 10.2 Å². The van der Waals surface area contributed by atoms with Crippen molar-refractivity contribution >= 4 is 0 Å². The summed E-state index contributed by atoms with van der Waals surface area (Å²) in [5, 5.41) is 3.74. The lowest BCUT2D eigenvalue weighted by Crippen LogP contribution is -2.34. The van der Waals surface area contributed by atoms with Crippen LogP contribution in [0.2, 0.25) is 0 Å². The Balaban J connectivity index is 1.26. The van der Waals surface area contributed by atoms with Gasteiger partial charge < -0.3 is 5.32 Å². The second kappa shape index (κ2) is 9.44. The molecule has 2 fully saturated rings. The molecule has 1 aromatic carbocycles. The summed E-state index contributed by atoms with van der Waals surface area (Å²) < 4.78 is 0. The number of benzene rings is 1. The highest BCUT2D eigenvalue weighted by Gasteiger charge is 2.19. The van der Waals surface area contributed by atoms with Crippen molar-refractivity contribution in [3.05, 3.63) is 35.9 Å². The predicted molar refractivity (Wildman–Crippen MR) is 98.5 cm³/mol. The van der Waals surface area contributed by atoms with Gasteiger partial charge in [0.1, 0.15) is 0 Å². The molecule has 1 aromatic rings. The maximum absolute atomic E-state index is 3.74. The van der Waals surface area contributed by atoms with Gasteiger partial charge in [0.25, 0.3) is 0 Å². The fourth-order valence-electron chi connectivity index (χ4n) is 4.28. The summed E-state index contributed by atoms with van der Waals surface area (Å²) >= 11 is 0. The van der Waals surface area contributed by atoms with Crippen LogP contribution in [0.5, 0.6) is 0 Å². The van der Waals surface area contributed by atoms with Gasteiger partial charge in [0.05, 0.1) is 0 Å². The third-order valence-electron chi connectivity index (χ3n) is 5.84. The quantitative estimate of drug-likeness (QED) is 0.748. The molecule has 2 aliphatic rings. The van der Waals surface area contributed by atoms with Crippen LogP contribution in [0.3, 0.4) is 0 Å². The molecule has 1 saturated carbocycles. The summed E-state index contributed by atoms with van der Waals surface area (Å²) in [6, 6.07) is 10.9. The highest BCUT2D eigenvalue weighted by Crippen LogP contribution is 2.23. The lowest BCUT2D eigenvalue weighted by Gasteiger charge is -2.32. The minimum atomic E-state index is 0.945. The minimum Gasteiger partial charge on any atom is -0.316 e. The molecule has 0 spiro atoms.